The number of imide groups is 1. The Morgan fingerprint density at radius 3 is 2.48 bits per heavy atom. The Morgan fingerprint density at radius 1 is 1.33 bits per heavy atom. The summed E-state index contributed by atoms with van der Waals surface area (Å²) in [6, 6.07) is -0.927. The summed E-state index contributed by atoms with van der Waals surface area (Å²) in [5.41, 5.74) is 0. The molecule has 1 aliphatic heterocycles. The summed E-state index contributed by atoms with van der Waals surface area (Å²) in [5.74, 6) is -2.02. The predicted octanol–water partition coefficient (Wildman–Crippen LogP) is 0.284. The Balaban J connectivity index is 1.93. The zero-order chi connectivity index (χ0) is 15.4. The van der Waals surface area contributed by atoms with Crippen LogP contribution >= 0.6 is 0 Å². The van der Waals surface area contributed by atoms with E-state index in [2.05, 4.69) is 11.9 Å². The van der Waals surface area contributed by atoms with Gasteiger partial charge in [0.25, 0.3) is 11.8 Å². The van der Waals surface area contributed by atoms with Crippen molar-refractivity contribution in [1.82, 2.24) is 10.4 Å². The molecule has 1 saturated heterocycles. The summed E-state index contributed by atoms with van der Waals surface area (Å²) in [6.07, 6.45) is 2.17. The first-order valence-electron chi connectivity index (χ1n) is 6.64. The lowest BCUT2D eigenvalue weighted by molar-refractivity contribution is -0.199. The molecular weight excluding hydrogens is 280 g/mol. The lowest BCUT2D eigenvalue weighted by Crippen LogP contribution is -2.46. The van der Waals surface area contributed by atoms with Crippen LogP contribution in [0.25, 0.3) is 0 Å². The number of hydrogen-bond acceptors (Lipinski definition) is 6. The molecule has 1 atom stereocenters. The normalized spacial score (nSPS) is 19.1. The van der Waals surface area contributed by atoms with Crippen LogP contribution in [0, 0.1) is 5.92 Å². The van der Waals surface area contributed by atoms with Crippen LogP contribution in [0.15, 0.2) is 12.7 Å². The fraction of sp³-hybridized carbons (Fsp3) is 0.538. The largest absolute Gasteiger partial charge is 0.445 e. The van der Waals surface area contributed by atoms with Crippen molar-refractivity contribution in [3.05, 3.63) is 12.7 Å². The van der Waals surface area contributed by atoms with Crippen LogP contribution in [0.1, 0.15) is 25.7 Å². The third-order valence-corrected chi connectivity index (χ3v) is 3.14. The van der Waals surface area contributed by atoms with Gasteiger partial charge in [0.2, 0.25) is 0 Å². The van der Waals surface area contributed by atoms with Gasteiger partial charge in [-0.25, -0.2) is 9.59 Å². The topological polar surface area (TPSA) is 102 Å². The predicted molar refractivity (Wildman–Crippen MR) is 68.4 cm³/mol. The summed E-state index contributed by atoms with van der Waals surface area (Å²) >= 11 is 0. The van der Waals surface area contributed by atoms with Gasteiger partial charge in [-0.2, -0.15) is 0 Å². The van der Waals surface area contributed by atoms with Gasteiger partial charge >= 0.3 is 12.1 Å². The number of amides is 3. The molecule has 2 aliphatic rings. The van der Waals surface area contributed by atoms with Crippen molar-refractivity contribution in [3.63, 3.8) is 0 Å². The molecule has 1 N–H and O–H groups in total. The van der Waals surface area contributed by atoms with Gasteiger partial charge in [0, 0.05) is 12.8 Å². The molecule has 8 heteroatoms. The van der Waals surface area contributed by atoms with E-state index in [1.165, 1.54) is 6.08 Å². The number of hydrogen-bond donors (Lipinski definition) is 1. The summed E-state index contributed by atoms with van der Waals surface area (Å²) in [6.45, 7) is 3.42. The number of hydroxylamine groups is 2. The van der Waals surface area contributed by atoms with E-state index in [4.69, 9.17) is 9.57 Å². The minimum absolute atomic E-state index is 0.0152. The van der Waals surface area contributed by atoms with E-state index < -0.39 is 29.9 Å². The van der Waals surface area contributed by atoms with Crippen molar-refractivity contribution >= 4 is 23.9 Å². The number of nitrogens with zero attached hydrogens (tertiary/aromatic N) is 1. The molecule has 0 aromatic carbocycles. The first kappa shape index (κ1) is 15.0. The standard InChI is InChI=1S/C13H16N2O6/c1-2-7-20-13(19)14-11(8-3-4-8)12(18)21-15-9(16)5-6-10(15)17/h2,8,11H,1,3-7H2,(H,14,19)/t11-/m0/s1. The van der Waals surface area contributed by atoms with Crippen molar-refractivity contribution in [2.75, 3.05) is 6.61 Å². The Hall–Kier alpha value is -2.38. The van der Waals surface area contributed by atoms with Gasteiger partial charge in [0.1, 0.15) is 12.6 Å². The Bertz CT molecular complexity index is 469. The molecule has 2 fully saturated rings. The summed E-state index contributed by atoms with van der Waals surface area (Å²) in [7, 11) is 0. The highest BCUT2D eigenvalue weighted by atomic mass is 16.7. The van der Waals surface area contributed by atoms with Crippen molar-refractivity contribution in [2.45, 2.75) is 31.7 Å². The maximum absolute atomic E-state index is 12.0. The smallest absolute Gasteiger partial charge is 0.408 e. The van der Waals surface area contributed by atoms with E-state index in [0.29, 0.717) is 5.06 Å². The second-order valence-corrected chi connectivity index (χ2v) is 4.84. The molecule has 3 amide bonds. The van der Waals surface area contributed by atoms with E-state index in [0.717, 1.165) is 12.8 Å². The van der Waals surface area contributed by atoms with Gasteiger partial charge < -0.3 is 14.9 Å². The van der Waals surface area contributed by atoms with Gasteiger partial charge in [-0.1, -0.05) is 12.7 Å². The van der Waals surface area contributed by atoms with Crippen LogP contribution in [-0.2, 0) is 24.0 Å². The maximum atomic E-state index is 12.0. The van der Waals surface area contributed by atoms with Crippen molar-refractivity contribution in [3.8, 4) is 0 Å². The average molecular weight is 296 g/mol. The van der Waals surface area contributed by atoms with Crippen LogP contribution < -0.4 is 5.32 Å². The quantitative estimate of drug-likeness (QED) is 0.558. The van der Waals surface area contributed by atoms with E-state index in [9.17, 15) is 19.2 Å². The Kier molecular flexibility index (Phi) is 4.56. The van der Waals surface area contributed by atoms with E-state index in [1.54, 1.807) is 0 Å². The molecule has 21 heavy (non-hydrogen) atoms. The lowest BCUT2D eigenvalue weighted by Gasteiger charge is -2.19. The number of rotatable bonds is 6. The van der Waals surface area contributed by atoms with Gasteiger partial charge in [-0.15, -0.1) is 5.06 Å². The van der Waals surface area contributed by atoms with E-state index >= 15 is 0 Å². The Morgan fingerprint density at radius 2 is 1.95 bits per heavy atom. The molecule has 0 unspecified atom stereocenters. The second kappa shape index (κ2) is 6.38. The van der Waals surface area contributed by atoms with Crippen LogP contribution in [0.5, 0.6) is 0 Å². The van der Waals surface area contributed by atoms with Gasteiger partial charge in [-0.3, -0.25) is 9.59 Å². The summed E-state index contributed by atoms with van der Waals surface area (Å²) in [5, 5.41) is 2.85. The third kappa shape index (κ3) is 3.80. The molecule has 2 rings (SSSR count). The number of carbonyl (C=O) groups is 4. The van der Waals surface area contributed by atoms with Crippen molar-refractivity contribution < 1.29 is 28.8 Å². The summed E-state index contributed by atoms with van der Waals surface area (Å²) < 4.78 is 4.74. The first-order valence-corrected chi connectivity index (χ1v) is 6.64. The summed E-state index contributed by atoms with van der Waals surface area (Å²) in [4.78, 5) is 51.1. The monoisotopic (exact) mass is 296 g/mol. The molecular formula is C13H16N2O6. The first-order chi connectivity index (χ1) is 10.0. The molecule has 1 saturated carbocycles. The van der Waals surface area contributed by atoms with Crippen molar-refractivity contribution in [2.24, 2.45) is 5.92 Å². The van der Waals surface area contributed by atoms with Gasteiger partial charge in [-0.05, 0) is 18.8 Å². The van der Waals surface area contributed by atoms with Gasteiger partial charge in [0.05, 0.1) is 0 Å². The second-order valence-electron chi connectivity index (χ2n) is 4.84. The fourth-order valence-corrected chi connectivity index (χ4v) is 1.91. The Labute approximate surface area is 121 Å². The lowest BCUT2D eigenvalue weighted by atomic mass is 10.2. The molecule has 1 aliphatic carbocycles. The molecule has 114 valence electrons. The fourth-order valence-electron chi connectivity index (χ4n) is 1.91. The van der Waals surface area contributed by atoms with Gasteiger partial charge in [0.15, 0.2) is 0 Å². The highest BCUT2D eigenvalue weighted by molar-refractivity contribution is 6.01. The van der Waals surface area contributed by atoms with E-state index in [-0.39, 0.29) is 25.4 Å². The van der Waals surface area contributed by atoms with Crippen LogP contribution in [0.4, 0.5) is 4.79 Å². The third-order valence-electron chi connectivity index (χ3n) is 3.14. The molecule has 0 radical (unpaired) electrons. The zero-order valence-electron chi connectivity index (χ0n) is 11.4. The molecule has 0 spiro atoms. The van der Waals surface area contributed by atoms with E-state index in [1.807, 2.05) is 0 Å². The number of alkyl carbamates (subject to hydrolysis) is 1. The molecule has 8 nitrogen and oxygen atoms in total. The number of ether oxygens (including phenoxy) is 1. The minimum atomic E-state index is -0.927. The van der Waals surface area contributed by atoms with Crippen molar-refractivity contribution in [1.29, 1.82) is 0 Å². The number of nitrogens with one attached hydrogen (secondary N) is 1. The highest BCUT2D eigenvalue weighted by Crippen LogP contribution is 2.33. The maximum Gasteiger partial charge on any atom is 0.408 e. The average Bonchev–Trinajstić information content (AvgIpc) is 3.24. The zero-order valence-corrected chi connectivity index (χ0v) is 11.4. The van der Waals surface area contributed by atoms with Crippen LogP contribution in [-0.4, -0.2) is 41.6 Å². The minimum Gasteiger partial charge on any atom is -0.445 e. The SMILES string of the molecule is C=CCOC(=O)N[C@H](C(=O)ON1C(=O)CCC1=O)C1CC1. The number of carbonyl (C=O) groups excluding carboxylic acids is 4. The molecule has 0 aromatic heterocycles. The molecule has 1 heterocycles. The molecule has 0 aromatic rings. The van der Waals surface area contributed by atoms with Crippen LogP contribution in [0.2, 0.25) is 0 Å². The molecule has 0 bridgehead atoms. The van der Waals surface area contributed by atoms with Crippen LogP contribution in [0.3, 0.4) is 0 Å². The highest BCUT2D eigenvalue weighted by Gasteiger charge is 2.42.